The maximum absolute atomic E-state index is 8.66. The second-order valence-corrected chi connectivity index (χ2v) is 4.08. The Morgan fingerprint density at radius 2 is 2.37 bits per heavy atom. The molecule has 0 bridgehead atoms. The summed E-state index contributed by atoms with van der Waals surface area (Å²) in [5.74, 6) is 0.785. The zero-order chi connectivity index (χ0) is 13.7. The molecule has 19 heavy (non-hydrogen) atoms. The first kappa shape index (κ1) is 12.9. The van der Waals surface area contributed by atoms with Gasteiger partial charge in [-0.3, -0.25) is 4.68 Å². The lowest BCUT2D eigenvalue weighted by Crippen LogP contribution is -2.14. The molecule has 0 unspecified atom stereocenters. The van der Waals surface area contributed by atoms with E-state index in [1.807, 2.05) is 25.3 Å². The number of nitrogens with two attached hydrogens (primary N) is 1. The minimum absolute atomic E-state index is 0.0666. The highest BCUT2D eigenvalue weighted by Crippen LogP contribution is 2.19. The van der Waals surface area contributed by atoms with E-state index in [-0.39, 0.29) is 5.84 Å². The van der Waals surface area contributed by atoms with Crippen molar-refractivity contribution in [3.05, 3.63) is 47.8 Å². The fourth-order valence-electron chi connectivity index (χ4n) is 1.65. The summed E-state index contributed by atoms with van der Waals surface area (Å²) in [4.78, 5) is 0. The van der Waals surface area contributed by atoms with Crippen molar-refractivity contribution in [3.63, 3.8) is 0 Å². The van der Waals surface area contributed by atoms with Gasteiger partial charge in [0, 0.05) is 18.0 Å². The van der Waals surface area contributed by atoms with Crippen molar-refractivity contribution in [1.29, 1.82) is 0 Å². The minimum Gasteiger partial charge on any atom is -0.491 e. The molecule has 0 spiro atoms. The molecule has 0 aliphatic heterocycles. The maximum atomic E-state index is 8.66. The Bertz CT molecular complexity index is 564. The highest BCUT2D eigenvalue weighted by atomic mass is 16.5. The van der Waals surface area contributed by atoms with Gasteiger partial charge in [-0.25, -0.2) is 0 Å². The van der Waals surface area contributed by atoms with Crippen LogP contribution in [0.2, 0.25) is 0 Å². The van der Waals surface area contributed by atoms with E-state index < -0.39 is 0 Å². The summed E-state index contributed by atoms with van der Waals surface area (Å²) in [5, 5.41) is 15.7. The van der Waals surface area contributed by atoms with Gasteiger partial charge in [-0.1, -0.05) is 17.3 Å². The number of nitrogens with zero attached hydrogens (tertiary/aromatic N) is 3. The van der Waals surface area contributed by atoms with E-state index in [1.54, 1.807) is 23.0 Å². The first-order valence-electron chi connectivity index (χ1n) is 5.89. The smallest absolute Gasteiger partial charge is 0.170 e. The lowest BCUT2D eigenvalue weighted by Gasteiger charge is -2.10. The van der Waals surface area contributed by atoms with Gasteiger partial charge in [-0.15, -0.1) is 0 Å². The van der Waals surface area contributed by atoms with Crippen molar-refractivity contribution in [1.82, 2.24) is 9.78 Å². The minimum atomic E-state index is 0.0666. The standard InChI is InChI=1S/C13H16N4O2/c1-10-3-4-11(13(14)16-18)9-12(10)19-8-7-17-6-2-5-15-17/h2-6,9,18H,7-8H2,1H3,(H2,14,16). The predicted octanol–water partition coefficient (Wildman–Crippen LogP) is 1.37. The molecule has 100 valence electrons. The van der Waals surface area contributed by atoms with E-state index in [4.69, 9.17) is 15.7 Å². The zero-order valence-electron chi connectivity index (χ0n) is 10.7. The molecule has 1 aromatic heterocycles. The van der Waals surface area contributed by atoms with Gasteiger partial charge >= 0.3 is 0 Å². The van der Waals surface area contributed by atoms with Gasteiger partial charge < -0.3 is 15.7 Å². The van der Waals surface area contributed by atoms with Crippen LogP contribution >= 0.6 is 0 Å². The molecule has 2 rings (SSSR count). The molecule has 6 nitrogen and oxygen atoms in total. The molecule has 0 radical (unpaired) electrons. The molecule has 0 aliphatic carbocycles. The number of ether oxygens (including phenoxy) is 1. The molecule has 1 aromatic carbocycles. The molecule has 0 saturated carbocycles. The summed E-state index contributed by atoms with van der Waals surface area (Å²) in [7, 11) is 0. The van der Waals surface area contributed by atoms with Crippen LogP contribution in [0.15, 0.2) is 41.8 Å². The Labute approximate surface area is 111 Å². The van der Waals surface area contributed by atoms with Gasteiger partial charge in [-0.2, -0.15) is 5.10 Å². The third-order valence-electron chi connectivity index (χ3n) is 2.73. The molecule has 3 N–H and O–H groups in total. The second-order valence-electron chi connectivity index (χ2n) is 4.08. The molecular weight excluding hydrogens is 244 g/mol. The third kappa shape index (κ3) is 3.25. The summed E-state index contributed by atoms with van der Waals surface area (Å²) in [6.07, 6.45) is 3.60. The van der Waals surface area contributed by atoms with Gasteiger partial charge in [-0.05, 0) is 24.6 Å². The van der Waals surface area contributed by atoms with Crippen molar-refractivity contribution < 1.29 is 9.94 Å². The number of hydrogen-bond donors (Lipinski definition) is 2. The van der Waals surface area contributed by atoms with Crippen molar-refractivity contribution in [2.45, 2.75) is 13.5 Å². The summed E-state index contributed by atoms with van der Waals surface area (Å²) in [6.45, 7) is 3.11. The normalized spacial score (nSPS) is 11.5. The fourth-order valence-corrected chi connectivity index (χ4v) is 1.65. The SMILES string of the molecule is Cc1ccc(/C(N)=N/O)cc1OCCn1cccn1. The summed E-state index contributed by atoms with van der Waals surface area (Å²) < 4.78 is 7.49. The number of oxime groups is 1. The van der Waals surface area contributed by atoms with E-state index in [2.05, 4.69) is 10.3 Å². The Morgan fingerprint density at radius 3 is 3.05 bits per heavy atom. The molecule has 0 fully saturated rings. The summed E-state index contributed by atoms with van der Waals surface area (Å²) in [5.41, 5.74) is 7.17. The first-order valence-corrected chi connectivity index (χ1v) is 5.89. The highest BCUT2D eigenvalue weighted by Gasteiger charge is 2.05. The molecule has 2 aromatic rings. The Hall–Kier alpha value is -2.50. The number of hydrogen-bond acceptors (Lipinski definition) is 4. The molecule has 0 aliphatic rings. The Morgan fingerprint density at radius 1 is 1.53 bits per heavy atom. The van der Waals surface area contributed by atoms with Gasteiger partial charge in [0.1, 0.15) is 12.4 Å². The lowest BCUT2D eigenvalue weighted by molar-refractivity contribution is 0.289. The molecule has 0 atom stereocenters. The van der Waals surface area contributed by atoms with Gasteiger partial charge in [0.05, 0.1) is 6.54 Å². The first-order chi connectivity index (χ1) is 9.20. The average Bonchev–Trinajstić information content (AvgIpc) is 2.93. The van der Waals surface area contributed by atoms with Crippen molar-refractivity contribution >= 4 is 5.84 Å². The van der Waals surface area contributed by atoms with E-state index in [1.165, 1.54) is 0 Å². The maximum Gasteiger partial charge on any atom is 0.170 e. The van der Waals surface area contributed by atoms with Crippen LogP contribution in [0.4, 0.5) is 0 Å². The molecule has 0 amide bonds. The van der Waals surface area contributed by atoms with Crippen LogP contribution in [0.1, 0.15) is 11.1 Å². The average molecular weight is 260 g/mol. The molecule has 0 saturated heterocycles. The molecule has 1 heterocycles. The zero-order valence-corrected chi connectivity index (χ0v) is 10.7. The summed E-state index contributed by atoms with van der Waals surface area (Å²) >= 11 is 0. The van der Waals surface area contributed by atoms with Crippen LogP contribution in [0.5, 0.6) is 5.75 Å². The number of benzene rings is 1. The van der Waals surface area contributed by atoms with Gasteiger partial charge in [0.25, 0.3) is 0 Å². The van der Waals surface area contributed by atoms with Crippen LogP contribution in [0.3, 0.4) is 0 Å². The van der Waals surface area contributed by atoms with Crippen molar-refractivity contribution in [2.75, 3.05) is 6.61 Å². The number of aryl methyl sites for hydroxylation is 1. The van der Waals surface area contributed by atoms with E-state index in [0.717, 1.165) is 11.3 Å². The quantitative estimate of drug-likeness (QED) is 0.368. The van der Waals surface area contributed by atoms with Crippen LogP contribution < -0.4 is 10.5 Å². The van der Waals surface area contributed by atoms with E-state index in [0.29, 0.717) is 18.7 Å². The summed E-state index contributed by atoms with van der Waals surface area (Å²) in [6, 6.07) is 7.28. The number of aromatic nitrogens is 2. The largest absolute Gasteiger partial charge is 0.491 e. The topological polar surface area (TPSA) is 85.7 Å². The van der Waals surface area contributed by atoms with Crippen LogP contribution in [0, 0.1) is 6.92 Å². The number of amidine groups is 1. The van der Waals surface area contributed by atoms with E-state index in [9.17, 15) is 0 Å². The van der Waals surface area contributed by atoms with Crippen molar-refractivity contribution in [2.24, 2.45) is 10.9 Å². The molecular formula is C13H16N4O2. The second kappa shape index (κ2) is 5.90. The third-order valence-corrected chi connectivity index (χ3v) is 2.73. The Balaban J connectivity index is 2.02. The van der Waals surface area contributed by atoms with Gasteiger partial charge in [0.2, 0.25) is 0 Å². The fraction of sp³-hybridized carbons (Fsp3) is 0.231. The van der Waals surface area contributed by atoms with E-state index >= 15 is 0 Å². The van der Waals surface area contributed by atoms with Crippen LogP contribution in [-0.4, -0.2) is 27.4 Å². The Kier molecular flexibility index (Phi) is 4.02. The number of rotatable bonds is 5. The lowest BCUT2D eigenvalue weighted by atomic mass is 10.1. The molecule has 6 heteroatoms. The van der Waals surface area contributed by atoms with Crippen molar-refractivity contribution in [3.8, 4) is 5.75 Å². The predicted molar refractivity (Wildman–Crippen MR) is 71.4 cm³/mol. The highest BCUT2D eigenvalue weighted by molar-refractivity contribution is 5.97. The monoisotopic (exact) mass is 260 g/mol. The van der Waals surface area contributed by atoms with Gasteiger partial charge in [0.15, 0.2) is 5.84 Å². The van der Waals surface area contributed by atoms with Crippen LogP contribution in [0.25, 0.3) is 0 Å². The van der Waals surface area contributed by atoms with Crippen LogP contribution in [-0.2, 0) is 6.54 Å².